The van der Waals surface area contributed by atoms with E-state index < -0.39 is 50.6 Å². The van der Waals surface area contributed by atoms with Gasteiger partial charge in [0.05, 0.1) is 12.5 Å². The van der Waals surface area contributed by atoms with E-state index in [-0.39, 0.29) is 0 Å². The van der Waals surface area contributed by atoms with Crippen LogP contribution < -0.4 is 0 Å². The van der Waals surface area contributed by atoms with Crippen LogP contribution in [0.1, 0.15) is 0 Å². The summed E-state index contributed by atoms with van der Waals surface area (Å²) in [5, 5.41) is 0. The Morgan fingerprint density at radius 2 is 1.56 bits per heavy atom. The third-order valence-corrected chi connectivity index (χ3v) is 2.31. The maximum atomic E-state index is 13.0. The van der Waals surface area contributed by atoms with Crippen molar-refractivity contribution in [3.05, 3.63) is 0 Å². The summed E-state index contributed by atoms with van der Waals surface area (Å²) in [6.45, 7) is -5.70. The van der Waals surface area contributed by atoms with E-state index in [4.69, 9.17) is 0 Å². The van der Waals surface area contributed by atoms with E-state index in [0.29, 0.717) is 0 Å². The van der Waals surface area contributed by atoms with Crippen LogP contribution in [0.15, 0.2) is 0 Å². The summed E-state index contributed by atoms with van der Waals surface area (Å²) in [6.07, 6.45) is -2.38. The van der Waals surface area contributed by atoms with E-state index >= 15 is 0 Å². The fraction of sp³-hybridized carbons (Fsp3) is 1.00. The molecule has 1 saturated heterocycles. The van der Waals surface area contributed by atoms with E-state index in [1.54, 1.807) is 0 Å². The van der Waals surface area contributed by atoms with Crippen LogP contribution in [0.2, 0.25) is 0 Å². The topological polar surface area (TPSA) is 18.5 Å². The van der Waals surface area contributed by atoms with Gasteiger partial charge in [-0.3, -0.25) is 0 Å². The number of hydrogen-bond acceptors (Lipinski definition) is 2. The zero-order valence-electron chi connectivity index (χ0n) is 8.07. The molecule has 1 heterocycles. The Hall–Kier alpha value is -0.500. The first-order valence-electron chi connectivity index (χ1n) is 4.42. The Balaban J connectivity index is 2.87. The molecule has 0 aromatic rings. The lowest BCUT2D eigenvalue weighted by Gasteiger charge is -2.38. The summed E-state index contributed by atoms with van der Waals surface area (Å²) in [4.78, 5) is 0. The molecule has 2 atom stereocenters. The lowest BCUT2D eigenvalue weighted by Crippen LogP contribution is -2.55. The Bertz CT molecular complexity index is 211. The number of rotatable bonds is 4. The van der Waals surface area contributed by atoms with Crippen molar-refractivity contribution in [2.75, 3.05) is 26.7 Å². The molecule has 0 aromatic heterocycles. The minimum Gasteiger partial charge on any atom is -0.355 e. The molecule has 0 spiro atoms. The Kier molecular flexibility index (Phi) is 4.06. The van der Waals surface area contributed by atoms with Gasteiger partial charge in [0, 0.05) is 0 Å². The standard InChI is InChI=1S/C8H10F6O2/c9-2-7(11,12)5-1-15-4-16-6(5)8(13,14)3-10/h5-6H,1-4H2. The summed E-state index contributed by atoms with van der Waals surface area (Å²) < 4.78 is 84.5. The summed E-state index contributed by atoms with van der Waals surface area (Å²) in [6, 6.07) is 0. The normalized spacial score (nSPS) is 28.1. The van der Waals surface area contributed by atoms with Gasteiger partial charge in [0.15, 0.2) is 13.3 Å². The molecule has 0 aromatic carbocycles. The first kappa shape index (κ1) is 13.6. The minimum absolute atomic E-state index is 0.640. The van der Waals surface area contributed by atoms with Crippen molar-refractivity contribution in [1.29, 1.82) is 0 Å². The summed E-state index contributed by atoms with van der Waals surface area (Å²) in [7, 11) is 0. The van der Waals surface area contributed by atoms with Gasteiger partial charge < -0.3 is 9.47 Å². The van der Waals surface area contributed by atoms with Crippen molar-refractivity contribution in [3.63, 3.8) is 0 Å². The number of halogens is 6. The van der Waals surface area contributed by atoms with Crippen molar-refractivity contribution >= 4 is 0 Å². The third kappa shape index (κ3) is 2.60. The Morgan fingerprint density at radius 3 is 2.06 bits per heavy atom. The fourth-order valence-corrected chi connectivity index (χ4v) is 1.43. The molecule has 0 N–H and O–H groups in total. The molecule has 1 rings (SSSR count). The van der Waals surface area contributed by atoms with Gasteiger partial charge in [-0.25, -0.2) is 26.3 Å². The van der Waals surface area contributed by atoms with Crippen LogP contribution in [-0.4, -0.2) is 44.7 Å². The predicted molar refractivity (Wildman–Crippen MR) is 41.0 cm³/mol. The average molecular weight is 252 g/mol. The number of hydrogen-bond donors (Lipinski definition) is 0. The van der Waals surface area contributed by atoms with E-state index in [2.05, 4.69) is 9.47 Å². The maximum absolute atomic E-state index is 13.0. The quantitative estimate of drug-likeness (QED) is 0.714. The molecule has 8 heteroatoms. The van der Waals surface area contributed by atoms with E-state index in [1.807, 2.05) is 0 Å². The van der Waals surface area contributed by atoms with Crippen LogP contribution in [0.4, 0.5) is 26.3 Å². The van der Waals surface area contributed by atoms with Gasteiger partial charge in [0.2, 0.25) is 0 Å². The second-order valence-corrected chi connectivity index (χ2v) is 3.47. The molecular weight excluding hydrogens is 242 g/mol. The zero-order chi connectivity index (χ0) is 12.4. The highest BCUT2D eigenvalue weighted by molar-refractivity contribution is 4.92. The van der Waals surface area contributed by atoms with Crippen LogP contribution >= 0.6 is 0 Å². The zero-order valence-corrected chi connectivity index (χ0v) is 8.07. The maximum Gasteiger partial charge on any atom is 0.302 e. The lowest BCUT2D eigenvalue weighted by atomic mass is 9.91. The smallest absolute Gasteiger partial charge is 0.302 e. The number of alkyl halides is 6. The number of ether oxygens (including phenoxy) is 2. The predicted octanol–water partition coefficient (Wildman–Crippen LogP) is 2.19. The molecule has 0 amide bonds. The van der Waals surface area contributed by atoms with Crippen molar-refractivity contribution in [2.45, 2.75) is 17.9 Å². The van der Waals surface area contributed by atoms with Gasteiger partial charge in [0.1, 0.15) is 12.9 Å². The second kappa shape index (κ2) is 4.79. The van der Waals surface area contributed by atoms with Crippen LogP contribution in [0.3, 0.4) is 0 Å². The first-order chi connectivity index (χ1) is 7.35. The minimum atomic E-state index is -4.08. The fourth-order valence-electron chi connectivity index (χ4n) is 1.43. The SMILES string of the molecule is FCC(F)(F)C1COCOC1C(F)(F)CF. The van der Waals surface area contributed by atoms with Gasteiger partial charge in [0.25, 0.3) is 5.92 Å². The molecule has 2 nitrogen and oxygen atoms in total. The van der Waals surface area contributed by atoms with Crippen molar-refractivity contribution in [3.8, 4) is 0 Å². The summed E-state index contributed by atoms with van der Waals surface area (Å²) >= 11 is 0. The summed E-state index contributed by atoms with van der Waals surface area (Å²) in [5.41, 5.74) is 0. The third-order valence-electron chi connectivity index (χ3n) is 2.31. The van der Waals surface area contributed by atoms with Crippen LogP contribution in [0, 0.1) is 5.92 Å². The Morgan fingerprint density at radius 1 is 1.00 bits per heavy atom. The average Bonchev–Trinajstić information content (AvgIpc) is 2.29. The largest absolute Gasteiger partial charge is 0.355 e. The van der Waals surface area contributed by atoms with E-state index in [0.717, 1.165) is 0 Å². The molecule has 96 valence electrons. The molecular formula is C8H10F6O2. The van der Waals surface area contributed by atoms with E-state index in [9.17, 15) is 26.3 Å². The van der Waals surface area contributed by atoms with E-state index in [1.165, 1.54) is 0 Å². The van der Waals surface area contributed by atoms with Gasteiger partial charge in [-0.05, 0) is 0 Å². The Labute approximate surface area is 87.5 Å². The van der Waals surface area contributed by atoms with Crippen LogP contribution in [0.5, 0.6) is 0 Å². The molecule has 0 bridgehead atoms. The highest BCUT2D eigenvalue weighted by Gasteiger charge is 2.56. The molecule has 0 saturated carbocycles. The lowest BCUT2D eigenvalue weighted by molar-refractivity contribution is -0.284. The molecule has 1 aliphatic heterocycles. The van der Waals surface area contributed by atoms with Crippen molar-refractivity contribution in [1.82, 2.24) is 0 Å². The first-order valence-corrected chi connectivity index (χ1v) is 4.42. The van der Waals surface area contributed by atoms with Crippen molar-refractivity contribution in [2.24, 2.45) is 5.92 Å². The summed E-state index contributed by atoms with van der Waals surface area (Å²) in [5.74, 6) is -10.3. The second-order valence-electron chi connectivity index (χ2n) is 3.47. The van der Waals surface area contributed by atoms with Crippen LogP contribution in [0.25, 0.3) is 0 Å². The molecule has 2 unspecified atom stereocenters. The highest BCUT2D eigenvalue weighted by Crippen LogP contribution is 2.38. The van der Waals surface area contributed by atoms with Gasteiger partial charge in [-0.2, -0.15) is 0 Å². The van der Waals surface area contributed by atoms with Crippen molar-refractivity contribution < 1.29 is 35.8 Å². The molecule has 0 radical (unpaired) electrons. The highest BCUT2D eigenvalue weighted by atomic mass is 19.3. The van der Waals surface area contributed by atoms with Gasteiger partial charge in [-0.15, -0.1) is 0 Å². The van der Waals surface area contributed by atoms with Crippen LogP contribution in [-0.2, 0) is 9.47 Å². The molecule has 16 heavy (non-hydrogen) atoms. The van der Waals surface area contributed by atoms with Gasteiger partial charge in [-0.1, -0.05) is 0 Å². The van der Waals surface area contributed by atoms with Gasteiger partial charge >= 0.3 is 5.92 Å². The molecule has 1 fully saturated rings. The molecule has 0 aliphatic carbocycles. The molecule has 1 aliphatic rings. The monoisotopic (exact) mass is 252 g/mol.